The van der Waals surface area contributed by atoms with Crippen LogP contribution in [0.5, 0.6) is 5.88 Å². The second kappa shape index (κ2) is 11.1. The van der Waals surface area contributed by atoms with Crippen LogP contribution in [0.4, 0.5) is 11.6 Å². The van der Waals surface area contributed by atoms with Gasteiger partial charge in [-0.05, 0) is 36.8 Å². The van der Waals surface area contributed by atoms with E-state index in [-0.39, 0.29) is 17.4 Å². The summed E-state index contributed by atoms with van der Waals surface area (Å²) in [5.74, 6) is 1.53. The van der Waals surface area contributed by atoms with Gasteiger partial charge in [-0.3, -0.25) is 14.8 Å². The molecule has 192 valence electrons. The average Bonchev–Trinajstić information content (AvgIpc) is 3.43. The van der Waals surface area contributed by atoms with Gasteiger partial charge in [-0.2, -0.15) is 5.26 Å². The fourth-order valence-electron chi connectivity index (χ4n) is 3.57. The van der Waals surface area contributed by atoms with Crippen molar-refractivity contribution in [1.82, 2.24) is 35.4 Å². The zero-order valence-corrected chi connectivity index (χ0v) is 20.9. The number of rotatable bonds is 8. The molecule has 0 radical (unpaired) electrons. The van der Waals surface area contributed by atoms with Crippen LogP contribution in [-0.4, -0.2) is 43.1 Å². The quantitative estimate of drug-likeness (QED) is 0.306. The minimum atomic E-state index is -0.322. The van der Waals surface area contributed by atoms with Gasteiger partial charge >= 0.3 is 0 Å². The zero-order valence-electron chi connectivity index (χ0n) is 20.9. The zero-order chi connectivity index (χ0) is 27.2. The minimum absolute atomic E-state index is 0.0842. The molecule has 0 saturated carbocycles. The number of nitrogens with one attached hydrogen (secondary N) is 2. The van der Waals surface area contributed by atoms with Gasteiger partial charge in [0.1, 0.15) is 17.6 Å². The van der Waals surface area contributed by atoms with Crippen molar-refractivity contribution in [2.75, 3.05) is 12.4 Å². The highest BCUT2D eigenvalue weighted by Crippen LogP contribution is 2.21. The summed E-state index contributed by atoms with van der Waals surface area (Å²) in [6, 6.07) is 15.8. The van der Waals surface area contributed by atoms with Gasteiger partial charge in [0, 0.05) is 60.2 Å². The van der Waals surface area contributed by atoms with E-state index in [2.05, 4.69) is 40.7 Å². The summed E-state index contributed by atoms with van der Waals surface area (Å²) in [6.07, 6.45) is 4.94. The summed E-state index contributed by atoms with van der Waals surface area (Å²) < 4.78 is 9.95. The van der Waals surface area contributed by atoms with Crippen LogP contribution in [0.15, 0.2) is 71.6 Å². The molecule has 5 rings (SSSR count). The van der Waals surface area contributed by atoms with Crippen molar-refractivity contribution in [1.29, 1.82) is 5.26 Å². The van der Waals surface area contributed by atoms with Crippen molar-refractivity contribution in [2.45, 2.75) is 13.5 Å². The molecule has 5 aromatic rings. The molecule has 0 unspecified atom stereocenters. The summed E-state index contributed by atoms with van der Waals surface area (Å²) in [5.41, 5.74) is 4.06. The van der Waals surface area contributed by atoms with Gasteiger partial charge in [0.15, 0.2) is 11.6 Å². The molecule has 0 aliphatic heterocycles. The highest BCUT2D eigenvalue weighted by molar-refractivity contribution is 5.92. The van der Waals surface area contributed by atoms with Gasteiger partial charge in [0.05, 0.1) is 12.8 Å². The summed E-state index contributed by atoms with van der Waals surface area (Å²) >= 11 is 0. The smallest absolute Gasteiger partial charge is 0.270 e. The van der Waals surface area contributed by atoms with Crippen LogP contribution in [0.3, 0.4) is 0 Å². The van der Waals surface area contributed by atoms with Crippen LogP contribution in [0.2, 0.25) is 0 Å². The van der Waals surface area contributed by atoms with Gasteiger partial charge in [-0.1, -0.05) is 11.2 Å². The van der Waals surface area contributed by atoms with Gasteiger partial charge in [-0.25, -0.2) is 15.0 Å². The second-order valence-electron chi connectivity index (χ2n) is 8.29. The second-order valence-corrected chi connectivity index (χ2v) is 8.29. The molecule has 12 nitrogen and oxygen atoms in total. The molecular weight excluding hydrogens is 498 g/mol. The summed E-state index contributed by atoms with van der Waals surface area (Å²) in [6.45, 7) is 2.12. The Hall–Kier alpha value is -5.70. The first kappa shape index (κ1) is 25.0. The molecule has 12 heteroatoms. The number of aryl methyl sites for hydroxylation is 1. The van der Waals surface area contributed by atoms with Gasteiger partial charge in [-0.15, -0.1) is 0 Å². The van der Waals surface area contributed by atoms with Crippen molar-refractivity contribution in [3.63, 3.8) is 0 Å². The molecule has 1 amide bonds. The number of nitriles is 1. The molecule has 39 heavy (non-hydrogen) atoms. The Kier molecular flexibility index (Phi) is 7.13. The Morgan fingerprint density at radius 1 is 0.974 bits per heavy atom. The SMILES string of the molecule is COc1ccc(-c2ccc(CNC(=O)c3ccc(-c4nc(C)cc(Nc5cc(C#N)on5)n4)cn3)cn2)cn1. The van der Waals surface area contributed by atoms with Gasteiger partial charge in [0.2, 0.25) is 11.6 Å². The molecule has 0 aliphatic carbocycles. The van der Waals surface area contributed by atoms with Gasteiger partial charge in [0.25, 0.3) is 5.91 Å². The lowest BCUT2D eigenvalue weighted by Crippen LogP contribution is -2.23. The minimum Gasteiger partial charge on any atom is -0.481 e. The number of methoxy groups -OCH3 is 1. The van der Waals surface area contributed by atoms with E-state index >= 15 is 0 Å². The maximum Gasteiger partial charge on any atom is 0.270 e. The Morgan fingerprint density at radius 3 is 2.49 bits per heavy atom. The van der Waals surface area contributed by atoms with Crippen molar-refractivity contribution >= 4 is 17.5 Å². The first-order valence-corrected chi connectivity index (χ1v) is 11.7. The third kappa shape index (κ3) is 6.00. The van der Waals surface area contributed by atoms with Crippen LogP contribution in [0.25, 0.3) is 22.6 Å². The molecule has 2 N–H and O–H groups in total. The Morgan fingerprint density at radius 2 is 1.82 bits per heavy atom. The number of carbonyl (C=O) groups is 1. The van der Waals surface area contributed by atoms with E-state index < -0.39 is 0 Å². The van der Waals surface area contributed by atoms with Crippen molar-refractivity contribution in [3.8, 4) is 34.6 Å². The number of anilines is 2. The van der Waals surface area contributed by atoms with E-state index in [0.29, 0.717) is 41.1 Å². The Labute approximate surface area is 222 Å². The topological polar surface area (TPSA) is 165 Å². The standard InChI is InChI=1S/C27H21N9O3/c1-16-9-23(34-24-10-20(11-28)39-36-24)35-26(33-16)19-4-7-22(30-15-19)27(37)32-13-17-3-6-21(29-12-17)18-5-8-25(38-2)31-14-18/h3-10,12,14-15H,13H2,1-2H3,(H,32,37)(H,33,34,35,36). The predicted octanol–water partition coefficient (Wildman–Crippen LogP) is 3.85. The maximum absolute atomic E-state index is 12.7. The van der Waals surface area contributed by atoms with Crippen LogP contribution in [0, 0.1) is 18.3 Å². The molecule has 0 bridgehead atoms. The van der Waals surface area contributed by atoms with E-state index in [0.717, 1.165) is 16.8 Å². The number of ether oxygens (including phenoxy) is 1. The lowest BCUT2D eigenvalue weighted by Gasteiger charge is -2.08. The lowest BCUT2D eigenvalue weighted by molar-refractivity contribution is 0.0946. The van der Waals surface area contributed by atoms with Crippen LogP contribution in [0.1, 0.15) is 27.5 Å². The van der Waals surface area contributed by atoms with Crippen molar-refractivity contribution < 1.29 is 14.1 Å². The van der Waals surface area contributed by atoms with Crippen LogP contribution >= 0.6 is 0 Å². The Balaban J connectivity index is 1.21. The molecule has 0 aliphatic rings. The van der Waals surface area contributed by atoms with E-state index in [1.54, 1.807) is 43.8 Å². The fourth-order valence-corrected chi connectivity index (χ4v) is 3.57. The van der Waals surface area contributed by atoms with Crippen LogP contribution in [-0.2, 0) is 6.54 Å². The largest absolute Gasteiger partial charge is 0.481 e. The number of hydrogen-bond donors (Lipinski definition) is 2. The molecular formula is C27H21N9O3. The van der Waals surface area contributed by atoms with Crippen LogP contribution < -0.4 is 15.4 Å². The molecule has 0 aromatic carbocycles. The number of amides is 1. The molecule has 0 saturated heterocycles. The maximum atomic E-state index is 12.7. The number of carbonyl (C=O) groups excluding carboxylic acids is 1. The first-order chi connectivity index (χ1) is 19.0. The predicted molar refractivity (Wildman–Crippen MR) is 140 cm³/mol. The Bertz CT molecular complexity index is 1640. The first-order valence-electron chi connectivity index (χ1n) is 11.7. The van der Waals surface area contributed by atoms with Crippen molar-refractivity contribution in [3.05, 3.63) is 89.8 Å². The monoisotopic (exact) mass is 519 g/mol. The molecule has 0 spiro atoms. The number of hydrogen-bond acceptors (Lipinski definition) is 11. The normalized spacial score (nSPS) is 10.5. The fraction of sp³-hybridized carbons (Fsp3) is 0.111. The average molecular weight is 520 g/mol. The third-order valence-corrected chi connectivity index (χ3v) is 5.50. The molecule has 5 aromatic heterocycles. The molecule has 0 atom stereocenters. The molecule has 5 heterocycles. The molecule has 0 fully saturated rings. The number of nitrogens with zero attached hydrogens (tertiary/aromatic N) is 7. The van der Waals surface area contributed by atoms with Gasteiger partial charge < -0.3 is 19.9 Å². The number of aromatic nitrogens is 6. The number of pyridine rings is 3. The third-order valence-electron chi connectivity index (χ3n) is 5.50. The highest BCUT2D eigenvalue weighted by atomic mass is 16.5. The van der Waals surface area contributed by atoms with E-state index in [1.165, 1.54) is 12.3 Å². The summed E-state index contributed by atoms with van der Waals surface area (Å²) in [4.78, 5) is 34.5. The highest BCUT2D eigenvalue weighted by Gasteiger charge is 2.12. The van der Waals surface area contributed by atoms with E-state index in [4.69, 9.17) is 14.5 Å². The lowest BCUT2D eigenvalue weighted by atomic mass is 10.1. The van der Waals surface area contributed by atoms with E-state index in [9.17, 15) is 4.79 Å². The van der Waals surface area contributed by atoms with Crippen molar-refractivity contribution in [2.24, 2.45) is 0 Å². The summed E-state index contributed by atoms with van der Waals surface area (Å²) in [5, 5.41) is 18.5. The van der Waals surface area contributed by atoms with E-state index in [1.807, 2.05) is 31.2 Å². The summed E-state index contributed by atoms with van der Waals surface area (Å²) in [7, 11) is 1.56.